The standard InChI is InChI=1S/C13H14Cl2F2O2/c14-9-5-8-1-4-19-13(8)10(6-9)11(15)2-3-18-7-12(16)17/h5-6,11-12H,1-4,7H2. The van der Waals surface area contributed by atoms with Crippen LogP contribution in [-0.4, -0.2) is 26.2 Å². The van der Waals surface area contributed by atoms with Crippen molar-refractivity contribution in [3.63, 3.8) is 0 Å². The van der Waals surface area contributed by atoms with Crippen molar-refractivity contribution >= 4 is 23.2 Å². The zero-order chi connectivity index (χ0) is 13.8. The molecule has 2 rings (SSSR count). The van der Waals surface area contributed by atoms with E-state index in [9.17, 15) is 8.78 Å². The highest BCUT2D eigenvalue weighted by Crippen LogP contribution is 2.39. The number of hydrogen-bond acceptors (Lipinski definition) is 2. The zero-order valence-corrected chi connectivity index (χ0v) is 11.7. The minimum Gasteiger partial charge on any atom is -0.493 e. The lowest BCUT2D eigenvalue weighted by atomic mass is 10.0. The van der Waals surface area contributed by atoms with Gasteiger partial charge in [0.15, 0.2) is 0 Å². The van der Waals surface area contributed by atoms with Gasteiger partial charge in [-0.1, -0.05) is 11.6 Å². The summed E-state index contributed by atoms with van der Waals surface area (Å²) in [4.78, 5) is 0. The Kier molecular flexibility index (Phi) is 5.25. The van der Waals surface area contributed by atoms with Gasteiger partial charge in [0.25, 0.3) is 6.43 Å². The fraction of sp³-hybridized carbons (Fsp3) is 0.538. The highest BCUT2D eigenvalue weighted by Gasteiger charge is 2.22. The first kappa shape index (κ1) is 14.8. The summed E-state index contributed by atoms with van der Waals surface area (Å²) in [6, 6.07) is 3.63. The van der Waals surface area contributed by atoms with Gasteiger partial charge in [0.1, 0.15) is 12.4 Å². The van der Waals surface area contributed by atoms with Crippen LogP contribution in [0.3, 0.4) is 0 Å². The SMILES string of the molecule is FC(F)COCCC(Cl)c1cc(Cl)cc2c1OCC2. The van der Waals surface area contributed by atoms with E-state index in [4.69, 9.17) is 32.7 Å². The molecule has 0 aromatic heterocycles. The van der Waals surface area contributed by atoms with E-state index < -0.39 is 13.0 Å². The molecule has 0 saturated heterocycles. The first-order chi connectivity index (χ1) is 9.08. The molecule has 2 nitrogen and oxygen atoms in total. The lowest BCUT2D eigenvalue weighted by molar-refractivity contribution is 0.0165. The van der Waals surface area contributed by atoms with Crippen LogP contribution in [0, 0.1) is 0 Å². The Bertz CT molecular complexity index is 441. The minimum atomic E-state index is -2.45. The average molecular weight is 311 g/mol. The summed E-state index contributed by atoms with van der Waals surface area (Å²) >= 11 is 12.3. The van der Waals surface area contributed by atoms with E-state index in [1.165, 1.54) is 0 Å². The molecule has 106 valence electrons. The van der Waals surface area contributed by atoms with E-state index in [0.717, 1.165) is 23.3 Å². The number of ether oxygens (including phenoxy) is 2. The van der Waals surface area contributed by atoms with E-state index in [-0.39, 0.29) is 12.0 Å². The number of rotatable bonds is 6. The molecule has 1 unspecified atom stereocenters. The smallest absolute Gasteiger partial charge is 0.261 e. The van der Waals surface area contributed by atoms with Crippen LogP contribution in [0.2, 0.25) is 5.02 Å². The van der Waals surface area contributed by atoms with Crippen molar-refractivity contribution in [2.75, 3.05) is 19.8 Å². The van der Waals surface area contributed by atoms with Crippen LogP contribution in [0.4, 0.5) is 8.78 Å². The Hall–Kier alpha value is -0.580. The molecule has 1 aromatic rings. The van der Waals surface area contributed by atoms with Crippen molar-refractivity contribution in [1.82, 2.24) is 0 Å². The van der Waals surface area contributed by atoms with Gasteiger partial charge in [0, 0.05) is 23.6 Å². The Balaban J connectivity index is 1.97. The monoisotopic (exact) mass is 310 g/mol. The van der Waals surface area contributed by atoms with Crippen molar-refractivity contribution in [2.45, 2.75) is 24.6 Å². The third-order valence-electron chi connectivity index (χ3n) is 2.87. The molecule has 0 aliphatic carbocycles. The summed E-state index contributed by atoms with van der Waals surface area (Å²) in [7, 11) is 0. The van der Waals surface area contributed by atoms with Gasteiger partial charge < -0.3 is 9.47 Å². The second-order valence-corrected chi connectivity index (χ2v) is 5.27. The second kappa shape index (κ2) is 6.73. The molecule has 1 atom stereocenters. The summed E-state index contributed by atoms with van der Waals surface area (Å²) in [5.74, 6) is 0.776. The van der Waals surface area contributed by atoms with Crippen molar-refractivity contribution in [2.24, 2.45) is 0 Å². The summed E-state index contributed by atoms with van der Waals surface area (Å²) in [6.07, 6.45) is -1.20. The number of hydrogen-bond donors (Lipinski definition) is 0. The Labute approximate surface area is 120 Å². The molecule has 19 heavy (non-hydrogen) atoms. The molecular formula is C13H14Cl2F2O2. The highest BCUT2D eigenvalue weighted by atomic mass is 35.5. The fourth-order valence-electron chi connectivity index (χ4n) is 2.05. The molecule has 0 saturated carbocycles. The Morgan fingerprint density at radius 2 is 2.16 bits per heavy atom. The minimum absolute atomic E-state index is 0.180. The van der Waals surface area contributed by atoms with Gasteiger partial charge in [-0.25, -0.2) is 8.78 Å². The molecule has 1 aliphatic heterocycles. The summed E-state index contributed by atoms with van der Waals surface area (Å²) in [5, 5.41) is 0.252. The average Bonchev–Trinajstić information content (AvgIpc) is 2.80. The molecule has 1 aromatic carbocycles. The van der Waals surface area contributed by atoms with Crippen LogP contribution < -0.4 is 4.74 Å². The van der Waals surface area contributed by atoms with Crippen molar-refractivity contribution < 1.29 is 18.3 Å². The fourth-order valence-corrected chi connectivity index (χ4v) is 2.55. The van der Waals surface area contributed by atoms with Crippen LogP contribution >= 0.6 is 23.2 Å². The van der Waals surface area contributed by atoms with E-state index in [1.54, 1.807) is 6.07 Å². The van der Waals surface area contributed by atoms with E-state index in [1.807, 2.05) is 6.07 Å². The van der Waals surface area contributed by atoms with Gasteiger partial charge >= 0.3 is 0 Å². The molecule has 0 bridgehead atoms. The Morgan fingerprint density at radius 3 is 2.89 bits per heavy atom. The molecule has 0 N–H and O–H groups in total. The van der Waals surface area contributed by atoms with Gasteiger partial charge in [-0.2, -0.15) is 0 Å². The second-order valence-electron chi connectivity index (χ2n) is 4.30. The van der Waals surface area contributed by atoms with Crippen LogP contribution in [0.5, 0.6) is 5.75 Å². The number of benzene rings is 1. The molecular weight excluding hydrogens is 297 g/mol. The summed E-state index contributed by atoms with van der Waals surface area (Å²) in [5.41, 5.74) is 1.85. The van der Waals surface area contributed by atoms with Gasteiger partial charge in [-0.3, -0.25) is 0 Å². The highest BCUT2D eigenvalue weighted by molar-refractivity contribution is 6.31. The topological polar surface area (TPSA) is 18.5 Å². The van der Waals surface area contributed by atoms with Gasteiger partial charge in [-0.15, -0.1) is 11.6 Å². The number of halogens is 4. The predicted molar refractivity (Wildman–Crippen MR) is 70.7 cm³/mol. The lowest BCUT2D eigenvalue weighted by Gasteiger charge is -2.14. The Morgan fingerprint density at radius 1 is 1.37 bits per heavy atom. The van der Waals surface area contributed by atoms with Gasteiger partial charge in [0.05, 0.1) is 12.0 Å². The van der Waals surface area contributed by atoms with Crippen molar-refractivity contribution in [3.8, 4) is 5.75 Å². The normalized spacial score (nSPS) is 15.4. The molecule has 6 heteroatoms. The lowest BCUT2D eigenvalue weighted by Crippen LogP contribution is -2.07. The zero-order valence-electron chi connectivity index (χ0n) is 10.2. The van der Waals surface area contributed by atoms with E-state index in [2.05, 4.69) is 0 Å². The largest absolute Gasteiger partial charge is 0.493 e. The van der Waals surface area contributed by atoms with E-state index >= 15 is 0 Å². The molecule has 0 fully saturated rings. The van der Waals surface area contributed by atoms with E-state index in [0.29, 0.717) is 18.1 Å². The van der Waals surface area contributed by atoms with Crippen LogP contribution in [-0.2, 0) is 11.2 Å². The van der Waals surface area contributed by atoms with Crippen molar-refractivity contribution in [1.29, 1.82) is 0 Å². The van der Waals surface area contributed by atoms with Crippen molar-refractivity contribution in [3.05, 3.63) is 28.3 Å². The number of alkyl halides is 3. The molecule has 1 heterocycles. The van der Waals surface area contributed by atoms with Gasteiger partial charge in [-0.05, 0) is 24.1 Å². The third kappa shape index (κ3) is 3.94. The molecule has 0 amide bonds. The molecule has 1 aliphatic rings. The quantitative estimate of drug-likeness (QED) is 0.578. The summed E-state index contributed by atoms with van der Waals surface area (Å²) < 4.78 is 34.2. The first-order valence-electron chi connectivity index (χ1n) is 6.03. The van der Waals surface area contributed by atoms with Crippen LogP contribution in [0.25, 0.3) is 0 Å². The summed E-state index contributed by atoms with van der Waals surface area (Å²) in [6.45, 7) is 0.238. The third-order valence-corrected chi connectivity index (χ3v) is 3.55. The van der Waals surface area contributed by atoms with Gasteiger partial charge in [0.2, 0.25) is 0 Å². The predicted octanol–water partition coefficient (Wildman–Crippen LogP) is 4.23. The van der Waals surface area contributed by atoms with Crippen LogP contribution in [0.15, 0.2) is 12.1 Å². The molecule has 0 spiro atoms. The number of fused-ring (bicyclic) bond motifs is 1. The maximum atomic E-state index is 11.9. The molecule has 0 radical (unpaired) electrons. The van der Waals surface area contributed by atoms with Crippen LogP contribution in [0.1, 0.15) is 22.9 Å². The maximum Gasteiger partial charge on any atom is 0.261 e. The maximum absolute atomic E-state index is 11.9. The first-order valence-corrected chi connectivity index (χ1v) is 6.84.